The van der Waals surface area contributed by atoms with E-state index in [0.717, 1.165) is 0 Å². The number of rotatable bonds is 5. The third kappa shape index (κ3) is 3.59. The molecule has 0 aliphatic carbocycles. The summed E-state index contributed by atoms with van der Waals surface area (Å²) in [6.07, 6.45) is -0.189. The molecule has 3 nitrogen and oxygen atoms in total. The highest BCUT2D eigenvalue weighted by Crippen LogP contribution is 2.23. The molecular weight excluding hydrogens is 251 g/mol. The van der Waals surface area contributed by atoms with Crippen LogP contribution in [-0.4, -0.2) is 25.3 Å². The van der Waals surface area contributed by atoms with E-state index >= 15 is 0 Å². The average Bonchev–Trinajstić information content (AvgIpc) is 2.22. The fourth-order valence-electron chi connectivity index (χ4n) is 1.16. The number of benzene rings is 1. The molecule has 1 rings (SSSR count). The molecule has 0 heterocycles. The van der Waals surface area contributed by atoms with Gasteiger partial charge in [0, 0.05) is 12.7 Å². The summed E-state index contributed by atoms with van der Waals surface area (Å²) in [7, 11) is 1.40. The number of halogens is 2. The summed E-state index contributed by atoms with van der Waals surface area (Å²) in [5.74, 6) is -0.556. The molecule has 0 aliphatic rings. The normalized spacial score (nSPS) is 10.2. The summed E-state index contributed by atoms with van der Waals surface area (Å²) >= 11 is 11.5. The van der Waals surface area contributed by atoms with Crippen LogP contribution in [0.4, 0.5) is 0 Å². The number of methoxy groups -OCH3 is 1. The van der Waals surface area contributed by atoms with Gasteiger partial charge < -0.3 is 4.74 Å². The molecule has 1 aromatic rings. The van der Waals surface area contributed by atoms with Gasteiger partial charge >= 0.3 is 0 Å². The van der Waals surface area contributed by atoms with Crippen molar-refractivity contribution in [3.05, 3.63) is 33.8 Å². The summed E-state index contributed by atoms with van der Waals surface area (Å²) in [6.45, 7) is -0.0624. The van der Waals surface area contributed by atoms with E-state index in [1.165, 1.54) is 25.3 Å². The van der Waals surface area contributed by atoms with Gasteiger partial charge in [0.15, 0.2) is 11.6 Å². The number of carbonyl (C=O) groups is 2. The maximum atomic E-state index is 11.6. The lowest BCUT2D eigenvalue weighted by Gasteiger charge is -2.02. The van der Waals surface area contributed by atoms with Crippen molar-refractivity contribution in [2.75, 3.05) is 13.7 Å². The van der Waals surface area contributed by atoms with Crippen LogP contribution >= 0.6 is 23.2 Å². The zero-order valence-electron chi connectivity index (χ0n) is 8.63. The van der Waals surface area contributed by atoms with Crippen molar-refractivity contribution in [2.45, 2.75) is 6.42 Å². The fraction of sp³-hybridized carbons (Fsp3) is 0.273. The van der Waals surface area contributed by atoms with Gasteiger partial charge in [-0.15, -0.1) is 0 Å². The van der Waals surface area contributed by atoms with Gasteiger partial charge in [-0.05, 0) is 18.2 Å². The molecule has 0 radical (unpaired) electrons. The Kier molecular flexibility index (Phi) is 4.93. The van der Waals surface area contributed by atoms with Crippen LogP contribution in [0.2, 0.25) is 10.0 Å². The topological polar surface area (TPSA) is 43.4 Å². The minimum absolute atomic E-state index is 0.0624. The number of ketones is 2. The molecule has 0 N–H and O–H groups in total. The predicted octanol–water partition coefficient (Wildman–Crippen LogP) is 2.78. The number of Topliss-reactive ketones (excluding diaryl/α,β-unsaturated/α-hetero) is 2. The van der Waals surface area contributed by atoms with Gasteiger partial charge in [-0.25, -0.2) is 0 Å². The molecule has 5 heteroatoms. The molecule has 0 aliphatic heterocycles. The predicted molar refractivity (Wildman–Crippen MR) is 62.3 cm³/mol. The summed E-state index contributed by atoms with van der Waals surface area (Å²) in [5, 5.41) is 0.674. The van der Waals surface area contributed by atoms with Crippen molar-refractivity contribution in [1.29, 1.82) is 0 Å². The Morgan fingerprint density at radius 2 is 1.94 bits per heavy atom. The maximum Gasteiger partial charge on any atom is 0.170 e. The Hall–Kier alpha value is -0.900. The van der Waals surface area contributed by atoms with Crippen molar-refractivity contribution >= 4 is 34.8 Å². The van der Waals surface area contributed by atoms with Crippen LogP contribution in [0, 0.1) is 0 Å². The van der Waals surface area contributed by atoms with Gasteiger partial charge in [0.1, 0.15) is 6.61 Å². The van der Waals surface area contributed by atoms with Gasteiger partial charge in [0.2, 0.25) is 0 Å². The monoisotopic (exact) mass is 260 g/mol. The average molecular weight is 261 g/mol. The second-order valence-corrected chi connectivity index (χ2v) is 4.01. The van der Waals surface area contributed by atoms with Gasteiger partial charge in [-0.2, -0.15) is 0 Å². The van der Waals surface area contributed by atoms with Crippen LogP contribution < -0.4 is 0 Å². The summed E-state index contributed by atoms with van der Waals surface area (Å²) in [6, 6.07) is 4.51. The minimum Gasteiger partial charge on any atom is -0.377 e. The van der Waals surface area contributed by atoms with Gasteiger partial charge in [0.25, 0.3) is 0 Å². The molecule has 0 fully saturated rings. The van der Waals surface area contributed by atoms with E-state index in [0.29, 0.717) is 15.6 Å². The molecule has 0 amide bonds. The number of hydrogen-bond donors (Lipinski definition) is 0. The van der Waals surface area contributed by atoms with E-state index in [-0.39, 0.29) is 24.6 Å². The molecule has 86 valence electrons. The first kappa shape index (κ1) is 13.2. The lowest BCUT2D eigenvalue weighted by atomic mass is 10.1. The second-order valence-electron chi connectivity index (χ2n) is 3.20. The fourth-order valence-corrected chi connectivity index (χ4v) is 1.46. The van der Waals surface area contributed by atoms with Gasteiger partial charge in [-0.3, -0.25) is 9.59 Å². The highest BCUT2D eigenvalue weighted by Gasteiger charge is 2.12. The molecule has 1 aromatic carbocycles. The summed E-state index contributed by atoms with van der Waals surface area (Å²) in [4.78, 5) is 22.8. The Labute approximate surface area is 103 Å². The van der Waals surface area contributed by atoms with Crippen molar-refractivity contribution in [1.82, 2.24) is 0 Å². The lowest BCUT2D eigenvalue weighted by Crippen LogP contribution is -2.12. The summed E-state index contributed by atoms with van der Waals surface area (Å²) in [5.41, 5.74) is 0.374. The second kappa shape index (κ2) is 5.99. The SMILES string of the molecule is COCC(=O)CC(=O)c1ccc(Cl)c(Cl)c1. The van der Waals surface area contributed by atoms with E-state index in [9.17, 15) is 9.59 Å². The van der Waals surface area contributed by atoms with Gasteiger partial charge in [-0.1, -0.05) is 23.2 Å². The van der Waals surface area contributed by atoms with E-state index in [1.807, 2.05) is 0 Å². The highest BCUT2D eigenvalue weighted by molar-refractivity contribution is 6.42. The standard InChI is InChI=1S/C11H10Cl2O3/c1-16-6-8(14)5-11(15)7-2-3-9(12)10(13)4-7/h2-4H,5-6H2,1H3. The third-order valence-electron chi connectivity index (χ3n) is 1.90. The molecule has 0 bridgehead atoms. The first-order valence-corrected chi connectivity index (χ1v) is 5.29. The van der Waals surface area contributed by atoms with E-state index < -0.39 is 0 Å². The molecule has 16 heavy (non-hydrogen) atoms. The maximum absolute atomic E-state index is 11.6. The molecule has 0 spiro atoms. The highest BCUT2D eigenvalue weighted by atomic mass is 35.5. The van der Waals surface area contributed by atoms with E-state index in [1.54, 1.807) is 0 Å². The van der Waals surface area contributed by atoms with Crippen LogP contribution in [0.1, 0.15) is 16.8 Å². The molecule has 0 atom stereocenters. The molecule has 0 aromatic heterocycles. The van der Waals surface area contributed by atoms with Crippen molar-refractivity contribution in [3.63, 3.8) is 0 Å². The van der Waals surface area contributed by atoms with E-state index in [4.69, 9.17) is 23.2 Å². The van der Waals surface area contributed by atoms with Crippen molar-refractivity contribution in [3.8, 4) is 0 Å². The zero-order valence-corrected chi connectivity index (χ0v) is 10.1. The van der Waals surface area contributed by atoms with Gasteiger partial charge in [0.05, 0.1) is 16.5 Å². The number of carbonyl (C=O) groups excluding carboxylic acids is 2. The largest absolute Gasteiger partial charge is 0.377 e. The Morgan fingerprint density at radius 1 is 1.25 bits per heavy atom. The van der Waals surface area contributed by atoms with Crippen molar-refractivity contribution in [2.24, 2.45) is 0 Å². The van der Waals surface area contributed by atoms with Crippen molar-refractivity contribution < 1.29 is 14.3 Å². The molecule has 0 saturated heterocycles. The number of ether oxygens (including phenoxy) is 1. The first-order valence-electron chi connectivity index (χ1n) is 4.53. The lowest BCUT2D eigenvalue weighted by molar-refractivity contribution is -0.121. The third-order valence-corrected chi connectivity index (χ3v) is 2.64. The zero-order chi connectivity index (χ0) is 12.1. The molecule has 0 unspecified atom stereocenters. The van der Waals surface area contributed by atoms with E-state index in [2.05, 4.69) is 4.74 Å². The smallest absolute Gasteiger partial charge is 0.170 e. The van der Waals surface area contributed by atoms with Crippen LogP contribution in [-0.2, 0) is 9.53 Å². The summed E-state index contributed by atoms with van der Waals surface area (Å²) < 4.78 is 4.63. The Balaban J connectivity index is 2.73. The first-order chi connectivity index (χ1) is 7.54. The number of hydrogen-bond acceptors (Lipinski definition) is 3. The van der Waals surface area contributed by atoms with Crippen LogP contribution in [0.3, 0.4) is 0 Å². The molecule has 0 saturated carbocycles. The Morgan fingerprint density at radius 3 is 2.50 bits per heavy atom. The minimum atomic E-state index is -0.291. The van der Waals surface area contributed by atoms with Crippen LogP contribution in [0.5, 0.6) is 0 Å². The quantitative estimate of drug-likeness (QED) is 0.604. The molecular formula is C11H10Cl2O3. The Bertz CT molecular complexity index is 416. The van der Waals surface area contributed by atoms with Crippen LogP contribution in [0.25, 0.3) is 0 Å². The van der Waals surface area contributed by atoms with Crippen LogP contribution in [0.15, 0.2) is 18.2 Å².